The van der Waals surface area contributed by atoms with Gasteiger partial charge >= 0.3 is 6.18 Å². The summed E-state index contributed by atoms with van der Waals surface area (Å²) >= 11 is 7.54. The highest BCUT2D eigenvalue weighted by molar-refractivity contribution is 7.10. The summed E-state index contributed by atoms with van der Waals surface area (Å²) in [5.74, 6) is -2.31. The Bertz CT molecular complexity index is 1360. The maximum absolute atomic E-state index is 13.3. The van der Waals surface area contributed by atoms with Crippen LogP contribution in [0.3, 0.4) is 0 Å². The number of hydrogen-bond acceptors (Lipinski definition) is 5. The molecule has 4 rings (SSSR count). The minimum absolute atomic E-state index is 0.0891. The molecule has 10 heteroatoms. The molecule has 1 aromatic heterocycles. The number of ether oxygens (including phenoxy) is 1. The van der Waals surface area contributed by atoms with E-state index >= 15 is 0 Å². The van der Waals surface area contributed by atoms with Crippen LogP contribution in [0.2, 0.25) is 5.02 Å². The maximum Gasteiger partial charge on any atom is 0.416 e. The summed E-state index contributed by atoms with van der Waals surface area (Å²) in [5, 5.41) is 13.3. The van der Waals surface area contributed by atoms with Crippen molar-refractivity contribution >= 4 is 46.1 Å². The number of carbonyl (C=O) groups excluding carboxylic acids is 2. The Balaban J connectivity index is 1.96. The number of aliphatic hydroxyl groups excluding tert-OH is 1. The van der Waals surface area contributed by atoms with Gasteiger partial charge in [0.05, 0.1) is 28.8 Å². The van der Waals surface area contributed by atoms with Gasteiger partial charge in [-0.1, -0.05) is 11.6 Å². The standard InChI is InChI=1S/C25H19ClF3NO4S/c1-12-10-16(22(34-3)17(26)11-12)20(31)18-19(23-13(2)8-9-35-23)30(24(33)21(18)32)15-6-4-14(5-7-15)25(27,28)29/h4-11,19,31H,1-3H3/b20-18+. The quantitative estimate of drug-likeness (QED) is 0.236. The van der Waals surface area contributed by atoms with Gasteiger partial charge in [-0.2, -0.15) is 13.2 Å². The molecule has 5 nitrogen and oxygen atoms in total. The summed E-state index contributed by atoms with van der Waals surface area (Å²) in [6.07, 6.45) is -4.56. The fourth-order valence-corrected chi connectivity index (χ4v) is 5.46. The average Bonchev–Trinajstić information content (AvgIpc) is 3.32. The van der Waals surface area contributed by atoms with Crippen LogP contribution < -0.4 is 9.64 Å². The van der Waals surface area contributed by atoms with Gasteiger partial charge in [-0.25, -0.2) is 0 Å². The van der Waals surface area contributed by atoms with E-state index in [4.69, 9.17) is 16.3 Å². The van der Waals surface area contributed by atoms with Crippen LogP contribution in [-0.2, 0) is 15.8 Å². The highest BCUT2D eigenvalue weighted by Crippen LogP contribution is 2.46. The highest BCUT2D eigenvalue weighted by atomic mass is 35.5. The second kappa shape index (κ2) is 9.05. The van der Waals surface area contributed by atoms with Crippen LogP contribution in [0.4, 0.5) is 18.9 Å². The van der Waals surface area contributed by atoms with Crippen molar-refractivity contribution < 1.29 is 32.6 Å². The summed E-state index contributed by atoms with van der Waals surface area (Å²) in [6.45, 7) is 3.52. The summed E-state index contributed by atoms with van der Waals surface area (Å²) in [5.41, 5.74) is 0.548. The molecule has 1 saturated heterocycles. The van der Waals surface area contributed by atoms with E-state index in [1.54, 1.807) is 37.4 Å². The van der Waals surface area contributed by atoms with Crippen molar-refractivity contribution in [2.45, 2.75) is 26.1 Å². The lowest BCUT2D eigenvalue weighted by molar-refractivity contribution is -0.137. The van der Waals surface area contributed by atoms with E-state index in [0.717, 1.165) is 34.7 Å². The van der Waals surface area contributed by atoms with Gasteiger partial charge in [0.1, 0.15) is 17.6 Å². The van der Waals surface area contributed by atoms with Crippen LogP contribution in [0.1, 0.15) is 33.2 Å². The summed E-state index contributed by atoms with van der Waals surface area (Å²) in [4.78, 5) is 28.1. The molecular weight excluding hydrogens is 503 g/mol. The second-order valence-corrected chi connectivity index (χ2v) is 9.36. The number of aliphatic hydroxyl groups is 1. The number of benzene rings is 2. The molecule has 1 unspecified atom stereocenters. The van der Waals surface area contributed by atoms with E-state index in [-0.39, 0.29) is 27.6 Å². The molecule has 1 aliphatic heterocycles. The average molecular weight is 522 g/mol. The number of nitrogens with zero attached hydrogens (tertiary/aromatic N) is 1. The van der Waals surface area contributed by atoms with E-state index < -0.39 is 35.2 Å². The van der Waals surface area contributed by atoms with Gasteiger partial charge in [0.15, 0.2) is 0 Å². The minimum atomic E-state index is -4.56. The third-order valence-electron chi connectivity index (χ3n) is 5.71. The molecule has 35 heavy (non-hydrogen) atoms. The molecule has 2 aromatic carbocycles. The predicted molar refractivity (Wildman–Crippen MR) is 128 cm³/mol. The fraction of sp³-hybridized carbons (Fsp3) is 0.200. The first kappa shape index (κ1) is 24.8. The van der Waals surface area contributed by atoms with Gasteiger partial charge in [-0.3, -0.25) is 14.5 Å². The third-order valence-corrected chi connectivity index (χ3v) is 7.07. The van der Waals surface area contributed by atoms with Crippen molar-refractivity contribution in [3.8, 4) is 5.75 Å². The zero-order valence-electron chi connectivity index (χ0n) is 18.7. The first-order valence-electron chi connectivity index (χ1n) is 10.3. The number of amides is 1. The number of halogens is 4. The first-order chi connectivity index (χ1) is 16.5. The SMILES string of the molecule is COc1c(Cl)cc(C)cc1/C(O)=C1\C(=O)C(=O)N(c2ccc(C(F)(F)F)cc2)C1c1sccc1C. The molecule has 1 fully saturated rings. The smallest absolute Gasteiger partial charge is 0.416 e. The Morgan fingerprint density at radius 3 is 2.31 bits per heavy atom. The van der Waals surface area contributed by atoms with Crippen LogP contribution in [0.15, 0.2) is 53.4 Å². The monoisotopic (exact) mass is 521 g/mol. The number of thiophene rings is 1. The molecular formula is C25H19ClF3NO4S. The second-order valence-electron chi connectivity index (χ2n) is 8.01. The summed E-state index contributed by atoms with van der Waals surface area (Å²) in [6, 6.07) is 7.88. The van der Waals surface area contributed by atoms with E-state index in [2.05, 4.69) is 0 Å². The lowest BCUT2D eigenvalue weighted by atomic mass is 9.97. The summed E-state index contributed by atoms with van der Waals surface area (Å²) in [7, 11) is 1.36. The van der Waals surface area contributed by atoms with Crippen LogP contribution >= 0.6 is 22.9 Å². The molecule has 0 spiro atoms. The molecule has 0 bridgehead atoms. The van der Waals surface area contributed by atoms with Crippen LogP contribution in [0.25, 0.3) is 5.76 Å². The van der Waals surface area contributed by atoms with E-state index in [1.807, 2.05) is 0 Å². The van der Waals surface area contributed by atoms with E-state index in [0.29, 0.717) is 10.4 Å². The Morgan fingerprint density at radius 1 is 1.11 bits per heavy atom. The Morgan fingerprint density at radius 2 is 1.77 bits per heavy atom. The molecule has 0 aliphatic carbocycles. The van der Waals surface area contributed by atoms with Crippen molar-refractivity contribution in [3.05, 3.63) is 85.6 Å². The number of anilines is 1. The van der Waals surface area contributed by atoms with Gasteiger partial charge in [-0.15, -0.1) is 11.3 Å². The Hall–Kier alpha value is -3.30. The van der Waals surface area contributed by atoms with Gasteiger partial charge in [-0.05, 0) is 72.8 Å². The molecule has 3 aromatic rings. The Kier molecular flexibility index (Phi) is 6.42. The van der Waals surface area contributed by atoms with Crippen LogP contribution in [0.5, 0.6) is 5.75 Å². The molecule has 0 saturated carbocycles. The number of Topliss-reactive ketones (excluding diaryl/α,β-unsaturated/α-hetero) is 1. The van der Waals surface area contributed by atoms with Crippen molar-refractivity contribution in [1.29, 1.82) is 0 Å². The van der Waals surface area contributed by atoms with E-state index in [9.17, 15) is 27.9 Å². The fourth-order valence-electron chi connectivity index (χ4n) is 4.08. The van der Waals surface area contributed by atoms with Crippen molar-refractivity contribution in [2.24, 2.45) is 0 Å². The largest absolute Gasteiger partial charge is 0.507 e. The molecule has 2 heterocycles. The zero-order chi connectivity index (χ0) is 25.7. The third kappa shape index (κ3) is 4.30. The molecule has 1 atom stereocenters. The normalized spacial score (nSPS) is 17.8. The zero-order valence-corrected chi connectivity index (χ0v) is 20.3. The minimum Gasteiger partial charge on any atom is -0.507 e. The van der Waals surface area contributed by atoms with Crippen LogP contribution in [-0.4, -0.2) is 23.9 Å². The molecule has 1 amide bonds. The van der Waals surface area contributed by atoms with Gasteiger partial charge < -0.3 is 9.84 Å². The van der Waals surface area contributed by atoms with Gasteiger partial charge in [0.2, 0.25) is 0 Å². The first-order valence-corrected chi connectivity index (χ1v) is 11.6. The number of alkyl halides is 3. The molecule has 0 radical (unpaired) electrons. The predicted octanol–water partition coefficient (Wildman–Crippen LogP) is 6.67. The van der Waals surface area contributed by atoms with Crippen molar-refractivity contribution in [3.63, 3.8) is 0 Å². The van der Waals surface area contributed by atoms with Crippen molar-refractivity contribution in [2.75, 3.05) is 12.0 Å². The number of hydrogen-bond donors (Lipinski definition) is 1. The lowest BCUT2D eigenvalue weighted by Gasteiger charge is -2.25. The van der Waals surface area contributed by atoms with Gasteiger partial charge in [0, 0.05) is 10.6 Å². The Labute approximate surface area is 208 Å². The molecule has 182 valence electrons. The van der Waals surface area contributed by atoms with Crippen molar-refractivity contribution in [1.82, 2.24) is 0 Å². The van der Waals surface area contributed by atoms with Gasteiger partial charge in [0.25, 0.3) is 11.7 Å². The maximum atomic E-state index is 13.3. The van der Waals surface area contributed by atoms with E-state index in [1.165, 1.54) is 18.4 Å². The number of methoxy groups -OCH3 is 1. The van der Waals surface area contributed by atoms with Crippen LogP contribution in [0, 0.1) is 13.8 Å². The number of rotatable bonds is 4. The number of carbonyl (C=O) groups is 2. The summed E-state index contributed by atoms with van der Waals surface area (Å²) < 4.78 is 44.6. The topological polar surface area (TPSA) is 66.8 Å². The number of ketones is 1. The lowest BCUT2D eigenvalue weighted by Crippen LogP contribution is -2.29. The number of aryl methyl sites for hydroxylation is 2. The highest BCUT2D eigenvalue weighted by Gasteiger charge is 2.48. The molecule has 1 aliphatic rings. The molecule has 1 N–H and O–H groups in total.